The minimum Gasteiger partial charge on any atom is -0.389 e. The molecule has 0 spiro atoms. The topological polar surface area (TPSA) is 60.9 Å². The number of likely N-dealkylation sites (tertiary alicyclic amines) is 2. The molecule has 0 aliphatic carbocycles. The first kappa shape index (κ1) is 14.1. The lowest BCUT2D eigenvalue weighted by Crippen LogP contribution is -2.57. The highest BCUT2D eigenvalue weighted by atomic mass is 16.3. The zero-order valence-electron chi connectivity index (χ0n) is 11.9. The zero-order chi connectivity index (χ0) is 14.8. The Morgan fingerprint density at radius 3 is 2.52 bits per heavy atom. The van der Waals surface area contributed by atoms with Gasteiger partial charge in [0.2, 0.25) is 11.8 Å². The Bertz CT molecular complexity index is 526. The predicted octanol–water partition coefficient (Wildman–Crippen LogP) is 0.943. The largest absolute Gasteiger partial charge is 0.389 e. The summed E-state index contributed by atoms with van der Waals surface area (Å²) in [5.74, 6) is -0.0359. The normalized spacial score (nSPS) is 21.1. The number of nitrogens with zero attached hydrogens (tertiary/aromatic N) is 2. The lowest BCUT2D eigenvalue weighted by atomic mass is 9.98. The molecule has 1 unspecified atom stereocenters. The van der Waals surface area contributed by atoms with Crippen molar-refractivity contribution in [2.45, 2.75) is 31.4 Å². The Morgan fingerprint density at radius 1 is 1.19 bits per heavy atom. The van der Waals surface area contributed by atoms with Gasteiger partial charge >= 0.3 is 0 Å². The molecule has 1 atom stereocenters. The number of aliphatic hydroxyl groups is 1. The molecule has 3 rings (SSSR count). The maximum absolute atomic E-state index is 12.7. The average Bonchev–Trinajstić information content (AvgIpc) is 2.47. The second kappa shape index (κ2) is 5.85. The fourth-order valence-electron chi connectivity index (χ4n) is 3.00. The summed E-state index contributed by atoms with van der Waals surface area (Å²) in [5, 5.41) is 9.41. The van der Waals surface area contributed by atoms with Gasteiger partial charge in [-0.1, -0.05) is 30.3 Å². The van der Waals surface area contributed by atoms with Gasteiger partial charge < -0.3 is 14.9 Å². The van der Waals surface area contributed by atoms with Gasteiger partial charge in [0.05, 0.1) is 6.10 Å². The van der Waals surface area contributed by atoms with Crippen LogP contribution in [-0.2, 0) is 9.59 Å². The SMILES string of the molecule is O=C(C(c1ccccc1)N1CCCCC1=O)N1CC(O)C1. The number of aliphatic hydroxyl groups excluding tert-OH is 1. The van der Waals surface area contributed by atoms with Gasteiger partial charge in [0.25, 0.3) is 0 Å². The Kier molecular flexibility index (Phi) is 3.92. The first-order valence-electron chi connectivity index (χ1n) is 7.48. The molecule has 2 aliphatic heterocycles. The molecule has 1 N–H and O–H groups in total. The number of carbonyl (C=O) groups is 2. The first-order chi connectivity index (χ1) is 10.2. The maximum Gasteiger partial charge on any atom is 0.250 e. The molecule has 5 nitrogen and oxygen atoms in total. The number of amides is 2. The van der Waals surface area contributed by atoms with Crippen LogP contribution in [0.1, 0.15) is 30.9 Å². The Balaban J connectivity index is 1.87. The van der Waals surface area contributed by atoms with Crippen LogP contribution in [0.15, 0.2) is 30.3 Å². The summed E-state index contributed by atoms with van der Waals surface area (Å²) in [5.41, 5.74) is 0.846. The molecule has 2 amide bonds. The summed E-state index contributed by atoms with van der Waals surface area (Å²) in [6, 6.07) is 8.90. The first-order valence-corrected chi connectivity index (χ1v) is 7.48. The summed E-state index contributed by atoms with van der Waals surface area (Å²) in [6.07, 6.45) is 1.92. The molecule has 1 aromatic rings. The smallest absolute Gasteiger partial charge is 0.250 e. The van der Waals surface area contributed by atoms with E-state index in [9.17, 15) is 14.7 Å². The van der Waals surface area contributed by atoms with Gasteiger partial charge in [-0.15, -0.1) is 0 Å². The summed E-state index contributed by atoms with van der Waals surface area (Å²) in [7, 11) is 0. The van der Waals surface area contributed by atoms with Crippen molar-refractivity contribution in [2.24, 2.45) is 0 Å². The summed E-state index contributed by atoms with van der Waals surface area (Å²) < 4.78 is 0. The lowest BCUT2D eigenvalue weighted by molar-refractivity contribution is -0.154. The molecule has 0 aromatic heterocycles. The van der Waals surface area contributed by atoms with Crippen LogP contribution in [0.2, 0.25) is 0 Å². The number of carbonyl (C=O) groups excluding carboxylic acids is 2. The van der Waals surface area contributed by atoms with Crippen molar-refractivity contribution in [3.05, 3.63) is 35.9 Å². The molecule has 112 valence electrons. The third-order valence-corrected chi connectivity index (χ3v) is 4.19. The molecule has 0 saturated carbocycles. The number of hydrogen-bond acceptors (Lipinski definition) is 3. The van der Waals surface area contributed by atoms with Crippen LogP contribution in [0.5, 0.6) is 0 Å². The zero-order valence-corrected chi connectivity index (χ0v) is 11.9. The van der Waals surface area contributed by atoms with Crippen molar-refractivity contribution in [2.75, 3.05) is 19.6 Å². The van der Waals surface area contributed by atoms with E-state index in [1.165, 1.54) is 0 Å². The summed E-state index contributed by atoms with van der Waals surface area (Å²) >= 11 is 0. The molecule has 0 radical (unpaired) electrons. The van der Waals surface area contributed by atoms with E-state index in [1.807, 2.05) is 30.3 Å². The molecule has 2 aliphatic rings. The van der Waals surface area contributed by atoms with E-state index in [0.717, 1.165) is 18.4 Å². The Morgan fingerprint density at radius 2 is 1.90 bits per heavy atom. The van der Waals surface area contributed by atoms with Crippen LogP contribution >= 0.6 is 0 Å². The van der Waals surface area contributed by atoms with Crippen molar-refractivity contribution in [3.63, 3.8) is 0 Å². The summed E-state index contributed by atoms with van der Waals surface area (Å²) in [4.78, 5) is 28.3. The Hall–Kier alpha value is -1.88. The number of piperidine rings is 1. The molecule has 2 heterocycles. The van der Waals surface area contributed by atoms with E-state index in [1.54, 1.807) is 9.80 Å². The minimum absolute atomic E-state index is 0.0459. The van der Waals surface area contributed by atoms with E-state index < -0.39 is 12.1 Å². The van der Waals surface area contributed by atoms with Crippen LogP contribution in [0.4, 0.5) is 0 Å². The van der Waals surface area contributed by atoms with E-state index >= 15 is 0 Å². The number of benzene rings is 1. The van der Waals surface area contributed by atoms with Crippen LogP contribution in [0, 0.1) is 0 Å². The summed E-state index contributed by atoms with van der Waals surface area (Å²) in [6.45, 7) is 1.36. The second-order valence-electron chi connectivity index (χ2n) is 5.75. The monoisotopic (exact) mass is 288 g/mol. The van der Waals surface area contributed by atoms with Crippen LogP contribution < -0.4 is 0 Å². The van der Waals surface area contributed by atoms with Gasteiger partial charge in [0, 0.05) is 26.1 Å². The molecule has 1 aromatic carbocycles. The highest BCUT2D eigenvalue weighted by Crippen LogP contribution is 2.28. The van der Waals surface area contributed by atoms with E-state index in [4.69, 9.17) is 0 Å². The molecule has 0 bridgehead atoms. The highest BCUT2D eigenvalue weighted by molar-refractivity contribution is 5.89. The van der Waals surface area contributed by atoms with Crippen molar-refractivity contribution in [1.82, 2.24) is 9.80 Å². The molecular weight excluding hydrogens is 268 g/mol. The van der Waals surface area contributed by atoms with Crippen molar-refractivity contribution in [1.29, 1.82) is 0 Å². The standard InChI is InChI=1S/C16H20N2O3/c19-13-10-17(11-13)16(21)15(12-6-2-1-3-7-12)18-9-5-4-8-14(18)20/h1-3,6-7,13,15,19H,4-5,8-11H2. The molecule has 2 saturated heterocycles. The second-order valence-corrected chi connectivity index (χ2v) is 5.75. The maximum atomic E-state index is 12.7. The molecular formula is C16H20N2O3. The number of rotatable bonds is 3. The van der Waals surface area contributed by atoms with Crippen LogP contribution in [0.3, 0.4) is 0 Å². The molecule has 5 heteroatoms. The minimum atomic E-state index is -0.550. The van der Waals surface area contributed by atoms with Crippen LogP contribution in [-0.4, -0.2) is 52.5 Å². The van der Waals surface area contributed by atoms with Gasteiger partial charge in [0.15, 0.2) is 0 Å². The van der Waals surface area contributed by atoms with Crippen molar-refractivity contribution >= 4 is 11.8 Å². The highest BCUT2D eigenvalue weighted by Gasteiger charge is 2.39. The number of β-amino-alcohol motifs (C(OH)–C–C–N with tert-alkyl or cyclic N) is 1. The van der Waals surface area contributed by atoms with Crippen molar-refractivity contribution < 1.29 is 14.7 Å². The van der Waals surface area contributed by atoms with Gasteiger partial charge in [0.1, 0.15) is 6.04 Å². The van der Waals surface area contributed by atoms with Crippen molar-refractivity contribution in [3.8, 4) is 0 Å². The third kappa shape index (κ3) is 2.78. The molecule has 2 fully saturated rings. The van der Waals surface area contributed by atoms with E-state index in [2.05, 4.69) is 0 Å². The lowest BCUT2D eigenvalue weighted by Gasteiger charge is -2.42. The number of hydrogen-bond donors (Lipinski definition) is 1. The Labute approximate surface area is 124 Å². The van der Waals surface area contributed by atoms with Crippen LogP contribution in [0.25, 0.3) is 0 Å². The van der Waals surface area contributed by atoms with E-state index in [0.29, 0.717) is 26.1 Å². The van der Waals surface area contributed by atoms with Gasteiger partial charge in [-0.3, -0.25) is 9.59 Å². The predicted molar refractivity (Wildman–Crippen MR) is 77.3 cm³/mol. The van der Waals surface area contributed by atoms with Gasteiger partial charge in [-0.05, 0) is 18.4 Å². The van der Waals surface area contributed by atoms with Gasteiger partial charge in [-0.25, -0.2) is 0 Å². The third-order valence-electron chi connectivity index (χ3n) is 4.19. The average molecular weight is 288 g/mol. The molecule has 21 heavy (non-hydrogen) atoms. The fraction of sp³-hybridized carbons (Fsp3) is 0.500. The quantitative estimate of drug-likeness (QED) is 0.900. The van der Waals surface area contributed by atoms with Gasteiger partial charge in [-0.2, -0.15) is 0 Å². The fourth-order valence-corrected chi connectivity index (χ4v) is 3.00. The van der Waals surface area contributed by atoms with E-state index in [-0.39, 0.29) is 11.8 Å².